The van der Waals surface area contributed by atoms with E-state index in [0.717, 1.165) is 19.3 Å². The summed E-state index contributed by atoms with van der Waals surface area (Å²) in [5.41, 5.74) is 14.6. The smallest absolute Gasteiger partial charge is 0.0435 e. The van der Waals surface area contributed by atoms with Gasteiger partial charge in [-0.1, -0.05) is 110 Å². The van der Waals surface area contributed by atoms with E-state index < -0.39 is 0 Å². The summed E-state index contributed by atoms with van der Waals surface area (Å²) >= 11 is 0. The van der Waals surface area contributed by atoms with Crippen molar-refractivity contribution in [2.24, 2.45) is 5.92 Å². The van der Waals surface area contributed by atoms with E-state index in [0.29, 0.717) is 5.92 Å². The van der Waals surface area contributed by atoms with Crippen LogP contribution in [0.1, 0.15) is 67.9 Å². The van der Waals surface area contributed by atoms with Gasteiger partial charge in [0.05, 0.1) is 0 Å². The first-order valence-electron chi connectivity index (χ1n) is 13.1. The largest absolute Gasteiger partial charge is 0.0839 e. The normalized spacial score (nSPS) is 27.9. The molecule has 0 amide bonds. The van der Waals surface area contributed by atoms with Gasteiger partial charge in [-0.05, 0) is 89.1 Å². The van der Waals surface area contributed by atoms with E-state index in [-0.39, 0.29) is 10.8 Å². The lowest BCUT2D eigenvalue weighted by Gasteiger charge is -2.40. The monoisotopic (exact) mass is 452 g/mol. The van der Waals surface area contributed by atoms with Crippen LogP contribution in [0.2, 0.25) is 0 Å². The lowest BCUT2D eigenvalue weighted by Crippen LogP contribution is -2.35. The summed E-state index contributed by atoms with van der Waals surface area (Å²) in [6, 6.07) is 25.3. The molecule has 0 spiro atoms. The number of rotatable bonds is 2. The quantitative estimate of drug-likeness (QED) is 0.364. The van der Waals surface area contributed by atoms with E-state index in [1.165, 1.54) is 39.0 Å². The Morgan fingerprint density at radius 1 is 0.771 bits per heavy atom. The lowest BCUT2D eigenvalue weighted by atomic mass is 9.62. The first-order chi connectivity index (χ1) is 17.0. The molecule has 0 heteroatoms. The third-order valence-electron chi connectivity index (χ3n) is 9.41. The average Bonchev–Trinajstić information content (AvgIpc) is 3.33. The predicted molar refractivity (Wildman–Crippen MR) is 148 cm³/mol. The van der Waals surface area contributed by atoms with E-state index >= 15 is 0 Å². The maximum Gasteiger partial charge on any atom is 0.0435 e. The second kappa shape index (κ2) is 7.31. The SMILES string of the molecule is CC1=CCC(C2(C)c3ccccc3-c3ccc4c(c32)C(C)(c2ccccc2)C2=C4CCC=C2)C=C1. The Morgan fingerprint density at radius 2 is 1.54 bits per heavy atom. The summed E-state index contributed by atoms with van der Waals surface area (Å²) in [6.07, 6.45) is 15.4. The van der Waals surface area contributed by atoms with Gasteiger partial charge >= 0.3 is 0 Å². The van der Waals surface area contributed by atoms with Gasteiger partial charge in [-0.2, -0.15) is 0 Å². The molecule has 172 valence electrons. The summed E-state index contributed by atoms with van der Waals surface area (Å²) in [5.74, 6) is 0.438. The van der Waals surface area contributed by atoms with Gasteiger partial charge in [-0.15, -0.1) is 0 Å². The Kier molecular flexibility index (Phi) is 4.38. The molecule has 0 nitrogen and oxygen atoms in total. The molecular weight excluding hydrogens is 420 g/mol. The molecule has 0 heterocycles. The van der Waals surface area contributed by atoms with Crippen molar-refractivity contribution < 1.29 is 0 Å². The van der Waals surface area contributed by atoms with Gasteiger partial charge < -0.3 is 0 Å². The van der Waals surface area contributed by atoms with Crippen LogP contribution in [-0.2, 0) is 10.8 Å². The van der Waals surface area contributed by atoms with Crippen molar-refractivity contribution in [3.05, 3.63) is 136 Å². The number of hydrogen-bond acceptors (Lipinski definition) is 0. The first-order valence-corrected chi connectivity index (χ1v) is 13.1. The predicted octanol–water partition coefficient (Wildman–Crippen LogP) is 8.92. The fraction of sp³-hybridized carbons (Fsp3) is 0.257. The molecule has 0 saturated carbocycles. The highest BCUT2D eigenvalue weighted by Gasteiger charge is 2.52. The Hall–Kier alpha value is -3.38. The summed E-state index contributed by atoms with van der Waals surface area (Å²) in [7, 11) is 0. The van der Waals surface area contributed by atoms with Crippen LogP contribution < -0.4 is 0 Å². The number of allylic oxidation sites excluding steroid dienone is 8. The summed E-state index contributed by atoms with van der Waals surface area (Å²) in [4.78, 5) is 0. The summed E-state index contributed by atoms with van der Waals surface area (Å²) < 4.78 is 0. The second-order valence-electron chi connectivity index (χ2n) is 11.1. The molecule has 0 bridgehead atoms. The van der Waals surface area contributed by atoms with Crippen LogP contribution in [-0.4, -0.2) is 0 Å². The number of benzene rings is 3. The molecule has 4 aliphatic carbocycles. The number of hydrogen-bond donors (Lipinski definition) is 0. The Balaban J connectivity index is 1.58. The van der Waals surface area contributed by atoms with Gasteiger partial charge in [0.15, 0.2) is 0 Å². The molecule has 7 rings (SSSR count). The Labute approximate surface area is 209 Å². The van der Waals surface area contributed by atoms with Crippen LogP contribution in [0.4, 0.5) is 0 Å². The zero-order valence-electron chi connectivity index (χ0n) is 20.9. The molecule has 0 saturated heterocycles. The van der Waals surface area contributed by atoms with Gasteiger partial charge in [0.25, 0.3) is 0 Å². The minimum absolute atomic E-state index is 0.0701. The minimum Gasteiger partial charge on any atom is -0.0839 e. The van der Waals surface area contributed by atoms with Crippen LogP contribution in [0.3, 0.4) is 0 Å². The molecule has 3 atom stereocenters. The van der Waals surface area contributed by atoms with E-state index in [1.54, 1.807) is 16.7 Å². The summed E-state index contributed by atoms with van der Waals surface area (Å²) in [6.45, 7) is 7.24. The lowest BCUT2D eigenvalue weighted by molar-refractivity contribution is 0.417. The van der Waals surface area contributed by atoms with Gasteiger partial charge in [-0.25, -0.2) is 0 Å². The standard InChI is InChI=1S/C35H32/c1-23-17-19-25(20-18-23)35(3)31-16-10-8-14-27(31)29-22-21-28-26-13-7-9-15-30(26)34(2,32(28)33(29)35)24-11-5-4-6-12-24/h4-6,8-12,14-19,21-22,25H,7,13,20H2,1-3H3. The molecule has 0 radical (unpaired) electrons. The Morgan fingerprint density at radius 3 is 2.34 bits per heavy atom. The molecular formula is C35H32. The van der Waals surface area contributed by atoms with E-state index in [4.69, 9.17) is 0 Å². The van der Waals surface area contributed by atoms with Crippen molar-refractivity contribution in [3.8, 4) is 11.1 Å². The third-order valence-corrected chi connectivity index (χ3v) is 9.41. The van der Waals surface area contributed by atoms with Crippen molar-refractivity contribution >= 4 is 5.57 Å². The molecule has 0 N–H and O–H groups in total. The molecule has 0 aromatic heterocycles. The van der Waals surface area contributed by atoms with Crippen LogP contribution in [0, 0.1) is 5.92 Å². The third kappa shape index (κ3) is 2.63. The zero-order chi connectivity index (χ0) is 23.8. The molecule has 4 aliphatic rings. The van der Waals surface area contributed by atoms with E-state index in [9.17, 15) is 0 Å². The Bertz CT molecular complexity index is 1490. The van der Waals surface area contributed by atoms with Crippen LogP contribution >= 0.6 is 0 Å². The highest BCUT2D eigenvalue weighted by atomic mass is 14.5. The molecule has 3 aromatic carbocycles. The average molecular weight is 453 g/mol. The highest BCUT2D eigenvalue weighted by Crippen LogP contribution is 2.63. The van der Waals surface area contributed by atoms with Crippen LogP contribution in [0.15, 0.2) is 108 Å². The molecule has 3 aromatic rings. The van der Waals surface area contributed by atoms with Crippen molar-refractivity contribution in [1.29, 1.82) is 0 Å². The topological polar surface area (TPSA) is 0 Å². The molecule has 0 fully saturated rings. The van der Waals surface area contributed by atoms with Gasteiger partial charge in [-0.3, -0.25) is 0 Å². The zero-order valence-corrected chi connectivity index (χ0v) is 20.9. The van der Waals surface area contributed by atoms with Crippen LogP contribution in [0.5, 0.6) is 0 Å². The maximum absolute atomic E-state index is 2.53. The molecule has 35 heavy (non-hydrogen) atoms. The number of fused-ring (bicyclic) bond motifs is 6. The van der Waals surface area contributed by atoms with E-state index in [1.807, 2.05) is 0 Å². The van der Waals surface area contributed by atoms with Crippen molar-refractivity contribution in [1.82, 2.24) is 0 Å². The van der Waals surface area contributed by atoms with Crippen LogP contribution in [0.25, 0.3) is 16.7 Å². The molecule has 3 unspecified atom stereocenters. The highest BCUT2D eigenvalue weighted by molar-refractivity contribution is 5.93. The van der Waals surface area contributed by atoms with Gasteiger partial charge in [0.1, 0.15) is 0 Å². The van der Waals surface area contributed by atoms with Gasteiger partial charge in [0.2, 0.25) is 0 Å². The van der Waals surface area contributed by atoms with Crippen molar-refractivity contribution in [3.63, 3.8) is 0 Å². The second-order valence-corrected chi connectivity index (χ2v) is 11.1. The first kappa shape index (κ1) is 20.9. The fourth-order valence-electron chi connectivity index (χ4n) is 7.60. The fourth-order valence-corrected chi connectivity index (χ4v) is 7.60. The minimum atomic E-state index is -0.151. The van der Waals surface area contributed by atoms with E-state index in [2.05, 4.69) is 118 Å². The maximum atomic E-state index is 2.53. The summed E-state index contributed by atoms with van der Waals surface area (Å²) in [5, 5.41) is 0. The van der Waals surface area contributed by atoms with Crippen molar-refractivity contribution in [2.45, 2.75) is 50.9 Å². The van der Waals surface area contributed by atoms with Crippen molar-refractivity contribution in [2.75, 3.05) is 0 Å². The van der Waals surface area contributed by atoms with Gasteiger partial charge in [0, 0.05) is 10.8 Å². The molecule has 0 aliphatic heterocycles.